The minimum absolute atomic E-state index is 0.194. The molecule has 0 aromatic carbocycles. The Morgan fingerprint density at radius 1 is 0.252 bits per heavy atom. The fourth-order valence-corrected chi connectivity index (χ4v) is 30.1. The molecule has 19 heteroatoms. The van der Waals surface area contributed by atoms with Crippen LogP contribution in [0.2, 0.25) is 0 Å². The van der Waals surface area contributed by atoms with Crippen LogP contribution in [0.5, 0.6) is 10.1 Å². The van der Waals surface area contributed by atoms with Crippen molar-refractivity contribution in [1.29, 1.82) is 0 Å². The molecule has 1 saturated heterocycles. The summed E-state index contributed by atoms with van der Waals surface area (Å²) in [6.45, 7) is 24.5. The summed E-state index contributed by atoms with van der Waals surface area (Å²) in [6.07, 6.45) is 65.2. The number of halogens is 3. The van der Waals surface area contributed by atoms with E-state index in [9.17, 15) is 0 Å². The van der Waals surface area contributed by atoms with Gasteiger partial charge in [-0.2, -0.15) is 11.3 Å². The SMILES string of the molecule is Brc1ccc(Br)s1.CCCCCCCCc1cc(Br)sc1-c1ccc(-c2sc(OC)cc2CCCCCCCC)s1.CCCCCCCCc1ccsc1-c1ccc(-c2sc(OC)cc2CCCCCCCC)s1.CCCCCCCCc1ccsc1-c1ccc(-c2sccc2CCCCCCCC)s1.CCCCCCCCc1ccsc1B1OC(C)(C)C(C)(C)O1. The zero-order valence-corrected chi connectivity index (χ0v) is 93.7. The van der Waals surface area contributed by atoms with E-state index >= 15 is 0 Å². The maximum absolute atomic E-state index is 6.20. The van der Waals surface area contributed by atoms with Crippen molar-refractivity contribution >= 4 is 184 Å². The minimum Gasteiger partial charge on any atom is -0.487 e. The van der Waals surface area contributed by atoms with Crippen molar-refractivity contribution < 1.29 is 18.8 Å². The monoisotopic (exact) mass is 2120 g/mol. The van der Waals surface area contributed by atoms with Gasteiger partial charge in [0.15, 0.2) is 10.1 Å². The van der Waals surface area contributed by atoms with Crippen LogP contribution < -0.4 is 14.3 Å². The third-order valence-electron chi connectivity index (χ3n) is 24.5. The second-order valence-corrected chi connectivity index (χ2v) is 50.8. The highest BCUT2D eigenvalue weighted by Crippen LogP contribution is 2.49. The first-order valence-electron chi connectivity index (χ1n) is 49.4. The maximum Gasteiger partial charge on any atom is 0.505 e. The quantitative estimate of drug-likeness (QED) is 0.0281. The van der Waals surface area contributed by atoms with E-state index in [2.05, 4.69) is 224 Å². The number of rotatable bonds is 58. The molecule has 0 amide bonds. The van der Waals surface area contributed by atoms with Crippen LogP contribution in [0, 0.1) is 0 Å². The van der Waals surface area contributed by atoms with Gasteiger partial charge in [0.05, 0.1) is 46.5 Å². The first-order chi connectivity index (χ1) is 61.9. The summed E-state index contributed by atoms with van der Waals surface area (Å²) in [6, 6.07) is 34.3. The van der Waals surface area contributed by atoms with Crippen molar-refractivity contribution in [2.45, 2.75) is 402 Å². The normalized spacial score (nSPS) is 12.7. The van der Waals surface area contributed by atoms with Gasteiger partial charge < -0.3 is 18.8 Å². The van der Waals surface area contributed by atoms with Crippen LogP contribution >= 0.6 is 172 Å². The summed E-state index contributed by atoms with van der Waals surface area (Å²) in [5, 5.41) is 11.1. The highest BCUT2D eigenvalue weighted by molar-refractivity contribution is 9.12. The standard InChI is InChI=1S/C29H41BrOS3.C29H42OS3.C28H40S3.C18H31BO2S.C4H2Br2S/c1-4-6-8-10-12-14-16-22-20-26(30)33-28(22)24-18-19-25(32-24)29-23(21-27(31-3)34-29)17-15-13-11-9-7-5-2;1-4-6-8-10-12-14-16-23-20-21-31-28(23)25-18-19-26(32-25)29-24(22-27(30-3)33-29)17-15-13-11-9-7-5-2;1-3-5-7-9-11-13-15-23-19-21-29-27(23)25-17-18-26(31-25)28-24(20-22-30-28)16-14-12-10-8-6-4-2;1-6-7-8-9-10-11-12-15-13-14-22-16(15)19-20-17(2,3)18(4,5)21-19;5-3-1-2-4(6)7-3/h18-21H,4-17H2,1-3H3;18-22H,4-17H2,1-3H3;17-22H,3-16H2,1-2H3;13-14H,6-12H2,1-5H3;1-2H. The van der Waals surface area contributed by atoms with Crippen molar-refractivity contribution in [2.24, 2.45) is 0 Å². The Labute approximate surface area is 841 Å². The summed E-state index contributed by atoms with van der Waals surface area (Å²) < 4.78 is 28.5. The van der Waals surface area contributed by atoms with Crippen molar-refractivity contribution in [2.75, 3.05) is 14.2 Å². The summed E-state index contributed by atoms with van der Waals surface area (Å²) >= 11 is 31.0. The van der Waals surface area contributed by atoms with Gasteiger partial charge in [0.2, 0.25) is 0 Å². The largest absolute Gasteiger partial charge is 0.505 e. The van der Waals surface area contributed by atoms with Crippen LogP contribution in [-0.4, -0.2) is 32.5 Å². The number of hydrogen-bond acceptors (Lipinski definition) is 15. The van der Waals surface area contributed by atoms with Gasteiger partial charge in [-0.15, -0.1) is 90.7 Å². The van der Waals surface area contributed by atoms with E-state index in [4.69, 9.17) is 18.8 Å². The molecular weight excluding hydrogens is 1960 g/mol. The molecule has 0 aliphatic carbocycles. The van der Waals surface area contributed by atoms with E-state index in [1.165, 1.54) is 392 Å². The van der Waals surface area contributed by atoms with Gasteiger partial charge in [-0.05, 0) is 317 Å². The van der Waals surface area contributed by atoms with Crippen LogP contribution in [0.1, 0.15) is 385 Å². The zero-order valence-electron chi connectivity index (χ0n) is 80.0. The van der Waals surface area contributed by atoms with Gasteiger partial charge >= 0.3 is 7.12 Å². The fourth-order valence-electron chi connectivity index (χ4n) is 16.3. The van der Waals surface area contributed by atoms with Gasteiger partial charge in [-0.1, -0.05) is 296 Å². The summed E-state index contributed by atoms with van der Waals surface area (Å²) in [5.74, 6) is 0. The number of ether oxygens (including phenoxy) is 2. The van der Waals surface area contributed by atoms with Crippen LogP contribution in [-0.2, 0) is 54.3 Å². The van der Waals surface area contributed by atoms with E-state index in [1.54, 1.807) is 53.6 Å². The Hall–Kier alpha value is -2.28. The molecule has 0 unspecified atom stereocenters. The predicted molar refractivity (Wildman–Crippen MR) is 593 cm³/mol. The number of unbranched alkanes of at least 4 members (excludes halogenated alkanes) is 35. The molecule has 4 nitrogen and oxygen atoms in total. The fraction of sp³-hybridized carbons (Fsp3) is 0.593. The Bertz CT molecular complexity index is 4530. The van der Waals surface area contributed by atoms with Crippen LogP contribution in [0.15, 0.2) is 124 Å². The summed E-state index contributed by atoms with van der Waals surface area (Å²) in [5.41, 5.74) is 10.0. The van der Waals surface area contributed by atoms with Crippen LogP contribution in [0.25, 0.3) is 58.5 Å². The third kappa shape index (κ3) is 39.0. The lowest BCUT2D eigenvalue weighted by atomic mass is 9.83. The van der Waals surface area contributed by atoms with Crippen LogP contribution in [0.3, 0.4) is 0 Å². The smallest absolute Gasteiger partial charge is 0.487 e. The molecule has 0 atom stereocenters. The van der Waals surface area contributed by atoms with E-state index in [1.807, 2.05) is 114 Å². The average Bonchev–Trinajstić information content (AvgIpc) is 1.62. The maximum atomic E-state index is 6.20. The third-order valence-corrected chi connectivity index (χ3v) is 38.8. The molecule has 1 aliphatic heterocycles. The van der Waals surface area contributed by atoms with Gasteiger partial charge in [0.25, 0.3) is 0 Å². The molecule has 11 aromatic rings. The Morgan fingerprint density at radius 3 is 0.780 bits per heavy atom. The highest BCUT2D eigenvalue weighted by Gasteiger charge is 2.52. The first kappa shape index (κ1) is 110. The second kappa shape index (κ2) is 63.9. The molecular formula is C108H156BBr3O4S11. The molecule has 0 spiro atoms. The Kier molecular flexibility index (Phi) is 55.4. The zero-order chi connectivity index (χ0) is 90.7. The van der Waals surface area contributed by atoms with Crippen molar-refractivity contribution in [3.05, 3.63) is 163 Å². The molecule has 1 fully saturated rings. The molecule has 127 heavy (non-hydrogen) atoms. The molecule has 12 heterocycles. The van der Waals surface area contributed by atoms with Gasteiger partial charge in [0, 0.05) is 53.5 Å². The Balaban J connectivity index is 0.000000206. The Morgan fingerprint density at radius 2 is 0.496 bits per heavy atom. The van der Waals surface area contributed by atoms with E-state index in [0.29, 0.717) is 0 Å². The molecule has 0 N–H and O–H groups in total. The second-order valence-electron chi connectivity index (χ2n) is 35.5. The topological polar surface area (TPSA) is 36.9 Å². The first-order valence-corrected chi connectivity index (χ1v) is 61.0. The van der Waals surface area contributed by atoms with E-state index in [0.717, 1.165) is 29.4 Å². The lowest BCUT2D eigenvalue weighted by molar-refractivity contribution is 0.00578. The molecule has 702 valence electrons. The lowest BCUT2D eigenvalue weighted by Gasteiger charge is -2.32. The molecule has 12 rings (SSSR count). The van der Waals surface area contributed by atoms with Crippen molar-refractivity contribution in [3.63, 3.8) is 0 Å². The van der Waals surface area contributed by atoms with Gasteiger partial charge in [0.1, 0.15) is 0 Å². The molecule has 0 radical (unpaired) electrons. The number of thiophene rings is 11. The van der Waals surface area contributed by atoms with Gasteiger partial charge in [-0.25, -0.2) is 0 Å². The highest BCUT2D eigenvalue weighted by atomic mass is 79.9. The molecule has 11 aromatic heterocycles. The lowest BCUT2D eigenvalue weighted by Crippen LogP contribution is -2.41. The summed E-state index contributed by atoms with van der Waals surface area (Å²) in [7, 11) is 3.39. The van der Waals surface area contributed by atoms with E-state index in [-0.39, 0.29) is 18.3 Å². The average molecular weight is 2120 g/mol. The predicted octanol–water partition coefficient (Wildman–Crippen LogP) is 42.0. The molecule has 0 bridgehead atoms. The molecule has 0 saturated carbocycles. The van der Waals surface area contributed by atoms with Gasteiger partial charge in [-0.3, -0.25) is 0 Å². The van der Waals surface area contributed by atoms with E-state index < -0.39 is 0 Å². The number of methoxy groups -OCH3 is 2. The van der Waals surface area contributed by atoms with Crippen molar-refractivity contribution in [3.8, 4) is 68.7 Å². The number of hydrogen-bond donors (Lipinski definition) is 0. The van der Waals surface area contributed by atoms with Crippen molar-refractivity contribution in [1.82, 2.24) is 0 Å². The summed E-state index contributed by atoms with van der Waals surface area (Å²) in [4.78, 5) is 17.4. The minimum atomic E-state index is -0.251. The number of aryl methyl sites for hydroxylation is 7. The molecule has 1 aliphatic rings. The van der Waals surface area contributed by atoms with Crippen LogP contribution in [0.4, 0.5) is 0 Å².